The lowest BCUT2D eigenvalue weighted by Gasteiger charge is -2.29. The van der Waals surface area contributed by atoms with Gasteiger partial charge in [0, 0.05) is 23.9 Å². The van der Waals surface area contributed by atoms with E-state index < -0.39 is 18.1 Å². The molecule has 7 heteroatoms. The standard InChI is InChI=1S/C26H30N2O5/c1-16(13-24(29)30)27-25(31)17-7-6-8-18(14-17)28-26(32)33-15-23-21-11-4-2-9-19(21)20-10-3-5-12-22(20)23/h2-5,9-12,16-18,23H,6-8,13-15H2,1H3,(H,27,31)(H,28,32)(H,29,30)/t16-,17+,18-/m0/s1. The Balaban J connectivity index is 1.30. The van der Waals surface area contributed by atoms with Crippen molar-refractivity contribution in [2.45, 2.75) is 57.0 Å². The Labute approximate surface area is 193 Å². The summed E-state index contributed by atoms with van der Waals surface area (Å²) in [4.78, 5) is 35.9. The average molecular weight is 451 g/mol. The maximum Gasteiger partial charge on any atom is 0.407 e. The number of aliphatic carboxylic acids is 1. The predicted octanol–water partition coefficient (Wildman–Crippen LogP) is 4.06. The van der Waals surface area contributed by atoms with Gasteiger partial charge in [0.25, 0.3) is 0 Å². The third kappa shape index (κ3) is 5.35. The van der Waals surface area contributed by atoms with E-state index in [1.54, 1.807) is 6.92 Å². The van der Waals surface area contributed by atoms with Gasteiger partial charge in [0.15, 0.2) is 0 Å². The predicted molar refractivity (Wildman–Crippen MR) is 124 cm³/mol. The zero-order valence-corrected chi connectivity index (χ0v) is 18.8. The first-order valence-electron chi connectivity index (χ1n) is 11.6. The van der Waals surface area contributed by atoms with Gasteiger partial charge in [-0.2, -0.15) is 0 Å². The van der Waals surface area contributed by atoms with E-state index in [1.807, 2.05) is 24.3 Å². The van der Waals surface area contributed by atoms with E-state index in [2.05, 4.69) is 34.9 Å². The fourth-order valence-electron chi connectivity index (χ4n) is 5.04. The molecule has 0 radical (unpaired) electrons. The van der Waals surface area contributed by atoms with Crippen LogP contribution in [-0.2, 0) is 14.3 Å². The van der Waals surface area contributed by atoms with E-state index in [-0.39, 0.29) is 36.8 Å². The minimum Gasteiger partial charge on any atom is -0.481 e. The molecule has 2 aliphatic carbocycles. The van der Waals surface area contributed by atoms with E-state index in [0.717, 1.165) is 30.4 Å². The number of hydrogen-bond acceptors (Lipinski definition) is 4. The number of fused-ring (bicyclic) bond motifs is 3. The minimum absolute atomic E-state index is 0.00348. The summed E-state index contributed by atoms with van der Waals surface area (Å²) in [5, 5.41) is 14.6. The normalized spacial score (nSPS) is 20.3. The molecule has 0 unspecified atom stereocenters. The molecule has 0 aromatic heterocycles. The number of alkyl carbamates (subject to hydrolysis) is 1. The highest BCUT2D eigenvalue weighted by molar-refractivity contribution is 5.80. The van der Waals surface area contributed by atoms with Gasteiger partial charge in [0.2, 0.25) is 5.91 Å². The van der Waals surface area contributed by atoms with Crippen LogP contribution in [0, 0.1) is 5.92 Å². The molecule has 0 heterocycles. The molecule has 3 N–H and O–H groups in total. The second kappa shape index (κ2) is 10.1. The van der Waals surface area contributed by atoms with Gasteiger partial charge in [0.1, 0.15) is 6.61 Å². The third-order valence-corrected chi connectivity index (χ3v) is 6.58. The Hall–Kier alpha value is -3.35. The van der Waals surface area contributed by atoms with Gasteiger partial charge >= 0.3 is 12.1 Å². The van der Waals surface area contributed by atoms with E-state index >= 15 is 0 Å². The molecule has 2 aliphatic rings. The molecule has 1 fully saturated rings. The van der Waals surface area contributed by atoms with Crippen LogP contribution in [0.1, 0.15) is 56.1 Å². The van der Waals surface area contributed by atoms with Crippen molar-refractivity contribution in [1.29, 1.82) is 0 Å². The summed E-state index contributed by atoms with van der Waals surface area (Å²) in [6, 6.07) is 15.8. The lowest BCUT2D eigenvalue weighted by Crippen LogP contribution is -2.44. The molecule has 4 rings (SSSR count). The first-order valence-corrected chi connectivity index (χ1v) is 11.6. The number of carbonyl (C=O) groups excluding carboxylic acids is 2. The maximum atomic E-state index is 12.6. The minimum atomic E-state index is -0.943. The molecule has 33 heavy (non-hydrogen) atoms. The van der Waals surface area contributed by atoms with Crippen LogP contribution in [-0.4, -0.2) is 41.8 Å². The maximum absolute atomic E-state index is 12.6. The van der Waals surface area contributed by atoms with Crippen LogP contribution < -0.4 is 10.6 Å². The number of ether oxygens (including phenoxy) is 1. The van der Waals surface area contributed by atoms with Crippen molar-refractivity contribution >= 4 is 18.0 Å². The molecular weight excluding hydrogens is 420 g/mol. The number of carboxylic acid groups (broad SMARTS) is 1. The first-order chi connectivity index (χ1) is 15.9. The van der Waals surface area contributed by atoms with Crippen LogP contribution in [0.15, 0.2) is 48.5 Å². The molecule has 7 nitrogen and oxygen atoms in total. The molecule has 174 valence electrons. The summed E-state index contributed by atoms with van der Waals surface area (Å²) in [7, 11) is 0. The topological polar surface area (TPSA) is 105 Å². The summed E-state index contributed by atoms with van der Waals surface area (Å²) >= 11 is 0. The van der Waals surface area contributed by atoms with Crippen molar-refractivity contribution in [3.63, 3.8) is 0 Å². The average Bonchev–Trinajstić information content (AvgIpc) is 3.11. The van der Waals surface area contributed by atoms with Crippen LogP contribution >= 0.6 is 0 Å². The van der Waals surface area contributed by atoms with Gasteiger partial charge in [-0.3, -0.25) is 9.59 Å². The van der Waals surface area contributed by atoms with Crippen molar-refractivity contribution in [2.24, 2.45) is 5.92 Å². The van der Waals surface area contributed by atoms with Crippen LogP contribution in [0.25, 0.3) is 11.1 Å². The van der Waals surface area contributed by atoms with Gasteiger partial charge in [-0.15, -0.1) is 0 Å². The van der Waals surface area contributed by atoms with Crippen LogP contribution in [0.2, 0.25) is 0 Å². The highest BCUT2D eigenvalue weighted by Crippen LogP contribution is 2.44. The van der Waals surface area contributed by atoms with E-state index in [4.69, 9.17) is 9.84 Å². The quantitative estimate of drug-likeness (QED) is 0.590. The highest BCUT2D eigenvalue weighted by atomic mass is 16.5. The molecule has 1 saturated carbocycles. The van der Waals surface area contributed by atoms with Gasteiger partial charge in [-0.25, -0.2) is 4.79 Å². The fourth-order valence-corrected chi connectivity index (χ4v) is 5.04. The van der Waals surface area contributed by atoms with Gasteiger partial charge in [-0.05, 0) is 48.4 Å². The van der Waals surface area contributed by atoms with Crippen LogP contribution in [0.3, 0.4) is 0 Å². The molecule has 0 aliphatic heterocycles. The van der Waals surface area contributed by atoms with Crippen molar-refractivity contribution in [1.82, 2.24) is 10.6 Å². The Morgan fingerprint density at radius 3 is 2.30 bits per heavy atom. The second-order valence-electron chi connectivity index (χ2n) is 9.04. The monoisotopic (exact) mass is 450 g/mol. The van der Waals surface area contributed by atoms with Gasteiger partial charge in [0.05, 0.1) is 6.42 Å². The van der Waals surface area contributed by atoms with Crippen LogP contribution in [0.5, 0.6) is 0 Å². The summed E-state index contributed by atoms with van der Waals surface area (Å²) in [5.74, 6) is -1.33. The molecule has 0 saturated heterocycles. The largest absolute Gasteiger partial charge is 0.481 e. The Bertz CT molecular complexity index is 991. The van der Waals surface area contributed by atoms with E-state index in [1.165, 1.54) is 11.1 Å². The van der Waals surface area contributed by atoms with Gasteiger partial charge < -0.3 is 20.5 Å². The zero-order valence-electron chi connectivity index (χ0n) is 18.8. The zero-order chi connectivity index (χ0) is 23.4. The first kappa shape index (κ1) is 22.8. The lowest BCUT2D eigenvalue weighted by molar-refractivity contribution is -0.137. The SMILES string of the molecule is C[C@@H](CC(=O)O)NC(=O)[C@@H]1CCC[C@H](NC(=O)OCC2c3ccccc3-c3ccccc32)C1. The number of carboxylic acids is 1. The second-order valence-corrected chi connectivity index (χ2v) is 9.04. The van der Waals surface area contributed by atoms with Crippen molar-refractivity contribution in [2.75, 3.05) is 6.61 Å². The lowest BCUT2D eigenvalue weighted by atomic mass is 9.85. The Morgan fingerprint density at radius 2 is 1.67 bits per heavy atom. The summed E-state index contributed by atoms with van der Waals surface area (Å²) < 4.78 is 5.63. The van der Waals surface area contributed by atoms with Crippen molar-refractivity contribution in [3.05, 3.63) is 59.7 Å². The summed E-state index contributed by atoms with van der Waals surface area (Å²) in [5.41, 5.74) is 4.69. The van der Waals surface area contributed by atoms with E-state index in [9.17, 15) is 14.4 Å². The molecule has 0 spiro atoms. The van der Waals surface area contributed by atoms with Crippen LogP contribution in [0.4, 0.5) is 4.79 Å². The van der Waals surface area contributed by atoms with Gasteiger partial charge in [-0.1, -0.05) is 55.0 Å². The Morgan fingerprint density at radius 1 is 1.03 bits per heavy atom. The smallest absolute Gasteiger partial charge is 0.407 e. The number of amides is 2. The number of rotatable bonds is 7. The number of benzene rings is 2. The molecule has 0 bridgehead atoms. The summed E-state index contributed by atoms with van der Waals surface area (Å²) in [6.07, 6.45) is 2.28. The third-order valence-electron chi connectivity index (χ3n) is 6.58. The molecule has 3 atom stereocenters. The molecule has 2 aromatic carbocycles. The molecule has 2 aromatic rings. The summed E-state index contributed by atoms with van der Waals surface area (Å²) in [6.45, 7) is 1.93. The fraction of sp³-hybridized carbons (Fsp3) is 0.423. The highest BCUT2D eigenvalue weighted by Gasteiger charge is 2.31. The number of nitrogens with one attached hydrogen (secondary N) is 2. The number of hydrogen-bond donors (Lipinski definition) is 3. The molecular formula is C26H30N2O5. The van der Waals surface area contributed by atoms with Crippen molar-refractivity contribution in [3.8, 4) is 11.1 Å². The Kier molecular flexibility index (Phi) is 6.96. The van der Waals surface area contributed by atoms with Crippen molar-refractivity contribution < 1.29 is 24.2 Å². The molecule has 2 amide bonds. The van der Waals surface area contributed by atoms with E-state index in [0.29, 0.717) is 6.42 Å². The number of carbonyl (C=O) groups is 3.